The maximum atomic E-state index is 10.9. The summed E-state index contributed by atoms with van der Waals surface area (Å²) in [4.78, 5) is 13.6. The van der Waals surface area contributed by atoms with Gasteiger partial charge in [-0.3, -0.25) is 4.79 Å². The number of aromatic hydroxyl groups is 1. The molecule has 0 saturated carbocycles. The number of rotatable bonds is 0. The zero-order valence-corrected chi connectivity index (χ0v) is 7.51. The van der Waals surface area contributed by atoms with Gasteiger partial charge in [0.1, 0.15) is 5.75 Å². The van der Waals surface area contributed by atoms with E-state index in [0.717, 1.165) is 11.8 Å². The molecule has 2 N–H and O–H groups in total. The molecule has 0 aliphatic carbocycles. The summed E-state index contributed by atoms with van der Waals surface area (Å²) in [7, 11) is 0. The molecule has 0 aliphatic rings. The first kappa shape index (κ1) is 8.84. The van der Waals surface area contributed by atoms with Crippen molar-refractivity contribution in [2.24, 2.45) is 0 Å². The van der Waals surface area contributed by atoms with Crippen molar-refractivity contribution in [2.75, 3.05) is 0 Å². The first-order valence-electron chi connectivity index (χ1n) is 3.83. The molecule has 0 spiro atoms. The van der Waals surface area contributed by atoms with E-state index in [1.807, 2.05) is 20.8 Å². The van der Waals surface area contributed by atoms with Gasteiger partial charge in [0.2, 0.25) is 0 Å². The number of aromatic nitrogens is 1. The van der Waals surface area contributed by atoms with Gasteiger partial charge in [0, 0.05) is 17.2 Å². The van der Waals surface area contributed by atoms with E-state index < -0.39 is 0 Å². The van der Waals surface area contributed by atoms with Crippen LogP contribution in [0.1, 0.15) is 26.5 Å². The molecule has 0 atom stereocenters. The molecule has 0 unspecified atom stereocenters. The third-order valence-electron chi connectivity index (χ3n) is 1.64. The Labute approximate surface area is 71.1 Å². The van der Waals surface area contributed by atoms with E-state index in [-0.39, 0.29) is 16.7 Å². The van der Waals surface area contributed by atoms with Crippen LogP contribution in [0.15, 0.2) is 16.9 Å². The van der Waals surface area contributed by atoms with Crippen LogP contribution in [0, 0.1) is 0 Å². The monoisotopic (exact) mass is 167 g/mol. The Morgan fingerprint density at radius 3 is 2.33 bits per heavy atom. The van der Waals surface area contributed by atoms with Gasteiger partial charge >= 0.3 is 0 Å². The molecule has 1 rings (SSSR count). The molecule has 0 aromatic carbocycles. The molecule has 0 radical (unpaired) electrons. The summed E-state index contributed by atoms with van der Waals surface area (Å²) in [5.41, 5.74) is 0.338. The standard InChI is InChI=1S/C9H13NO2/c1-9(2,3)7-4-6(11)5-8(12)10-7/h4-5H,1-3H3,(H2,10,11,12). The first-order chi connectivity index (χ1) is 5.39. The fourth-order valence-electron chi connectivity index (χ4n) is 0.933. The van der Waals surface area contributed by atoms with E-state index in [0.29, 0.717) is 0 Å². The zero-order valence-electron chi connectivity index (χ0n) is 7.51. The van der Waals surface area contributed by atoms with Crippen LogP contribution in [0.4, 0.5) is 0 Å². The van der Waals surface area contributed by atoms with Gasteiger partial charge < -0.3 is 10.1 Å². The highest BCUT2D eigenvalue weighted by molar-refractivity contribution is 5.24. The molecule has 12 heavy (non-hydrogen) atoms. The molecular weight excluding hydrogens is 154 g/mol. The molecule has 66 valence electrons. The highest BCUT2D eigenvalue weighted by atomic mass is 16.3. The molecule has 0 fully saturated rings. The SMILES string of the molecule is CC(C)(C)c1cc(O)cc(=O)[nH]1. The smallest absolute Gasteiger partial charge is 0.251 e. The van der Waals surface area contributed by atoms with Crippen molar-refractivity contribution < 1.29 is 5.11 Å². The summed E-state index contributed by atoms with van der Waals surface area (Å²) in [5.74, 6) is 0.0173. The topological polar surface area (TPSA) is 53.1 Å². The van der Waals surface area contributed by atoms with Gasteiger partial charge in [0.05, 0.1) is 0 Å². The van der Waals surface area contributed by atoms with Gasteiger partial charge in [-0.25, -0.2) is 0 Å². The second kappa shape index (κ2) is 2.66. The molecule has 0 amide bonds. The van der Waals surface area contributed by atoms with E-state index in [2.05, 4.69) is 4.98 Å². The Balaban J connectivity index is 3.27. The van der Waals surface area contributed by atoms with Crippen molar-refractivity contribution in [3.63, 3.8) is 0 Å². The minimum Gasteiger partial charge on any atom is -0.508 e. The Morgan fingerprint density at radius 2 is 1.92 bits per heavy atom. The maximum absolute atomic E-state index is 10.9. The minimum atomic E-state index is -0.264. The van der Waals surface area contributed by atoms with E-state index in [9.17, 15) is 4.79 Å². The second-order valence-corrected chi connectivity index (χ2v) is 3.87. The summed E-state index contributed by atoms with van der Waals surface area (Å²) in [6, 6.07) is 2.73. The Bertz CT molecular complexity index is 333. The number of H-pyrrole nitrogens is 1. The van der Waals surface area contributed by atoms with Crippen LogP contribution < -0.4 is 5.56 Å². The summed E-state index contributed by atoms with van der Waals surface area (Å²) in [6.07, 6.45) is 0. The highest BCUT2D eigenvalue weighted by Crippen LogP contribution is 2.20. The molecule has 0 bridgehead atoms. The van der Waals surface area contributed by atoms with Crippen molar-refractivity contribution in [1.82, 2.24) is 4.98 Å². The Kier molecular flexibility index (Phi) is 1.96. The van der Waals surface area contributed by atoms with E-state index in [4.69, 9.17) is 5.11 Å². The lowest BCUT2D eigenvalue weighted by atomic mass is 9.92. The summed E-state index contributed by atoms with van der Waals surface area (Å²) in [6.45, 7) is 5.91. The predicted octanol–water partition coefficient (Wildman–Crippen LogP) is 1.38. The van der Waals surface area contributed by atoms with Gasteiger partial charge in [0.25, 0.3) is 5.56 Å². The van der Waals surface area contributed by atoms with Crippen LogP contribution >= 0.6 is 0 Å². The lowest BCUT2D eigenvalue weighted by Crippen LogP contribution is -2.18. The molecular formula is C9H13NO2. The summed E-state index contributed by atoms with van der Waals surface area (Å²) in [5, 5.41) is 9.14. The number of hydrogen-bond acceptors (Lipinski definition) is 2. The fraction of sp³-hybridized carbons (Fsp3) is 0.444. The molecule has 1 aromatic rings. The van der Waals surface area contributed by atoms with Gasteiger partial charge in [-0.1, -0.05) is 20.8 Å². The van der Waals surface area contributed by atoms with Crippen molar-refractivity contribution in [2.45, 2.75) is 26.2 Å². The number of hydrogen-bond donors (Lipinski definition) is 2. The average Bonchev–Trinajstić information content (AvgIpc) is 1.82. The normalized spacial score (nSPS) is 11.6. The maximum Gasteiger partial charge on any atom is 0.251 e. The molecule has 1 heterocycles. The Morgan fingerprint density at radius 1 is 1.33 bits per heavy atom. The van der Waals surface area contributed by atoms with E-state index in [1.165, 1.54) is 0 Å². The van der Waals surface area contributed by atoms with Crippen LogP contribution in [-0.2, 0) is 5.41 Å². The quantitative estimate of drug-likeness (QED) is 0.613. The number of pyridine rings is 1. The Hall–Kier alpha value is -1.25. The van der Waals surface area contributed by atoms with Crippen molar-refractivity contribution >= 4 is 0 Å². The summed E-state index contributed by atoms with van der Waals surface area (Å²) >= 11 is 0. The van der Waals surface area contributed by atoms with Crippen molar-refractivity contribution in [3.05, 3.63) is 28.2 Å². The molecule has 3 heteroatoms. The van der Waals surface area contributed by atoms with Gasteiger partial charge in [0.15, 0.2) is 0 Å². The third kappa shape index (κ3) is 1.87. The zero-order chi connectivity index (χ0) is 9.35. The third-order valence-corrected chi connectivity index (χ3v) is 1.64. The summed E-state index contributed by atoms with van der Waals surface area (Å²) < 4.78 is 0. The van der Waals surface area contributed by atoms with E-state index >= 15 is 0 Å². The molecule has 0 aliphatic heterocycles. The van der Waals surface area contributed by atoms with E-state index in [1.54, 1.807) is 6.07 Å². The number of aromatic amines is 1. The lowest BCUT2D eigenvalue weighted by Gasteiger charge is -2.17. The van der Waals surface area contributed by atoms with Crippen molar-refractivity contribution in [3.8, 4) is 5.75 Å². The number of nitrogens with one attached hydrogen (secondary N) is 1. The van der Waals surface area contributed by atoms with Crippen LogP contribution in [0.2, 0.25) is 0 Å². The van der Waals surface area contributed by atoms with Crippen LogP contribution in [0.25, 0.3) is 0 Å². The van der Waals surface area contributed by atoms with Gasteiger partial charge in [-0.15, -0.1) is 0 Å². The van der Waals surface area contributed by atoms with Gasteiger partial charge in [-0.2, -0.15) is 0 Å². The van der Waals surface area contributed by atoms with Crippen molar-refractivity contribution in [1.29, 1.82) is 0 Å². The van der Waals surface area contributed by atoms with Crippen LogP contribution in [-0.4, -0.2) is 10.1 Å². The molecule has 0 saturated heterocycles. The first-order valence-corrected chi connectivity index (χ1v) is 3.83. The largest absolute Gasteiger partial charge is 0.508 e. The predicted molar refractivity (Wildman–Crippen MR) is 47.4 cm³/mol. The minimum absolute atomic E-state index is 0.0173. The lowest BCUT2D eigenvalue weighted by molar-refractivity contribution is 0.466. The second-order valence-electron chi connectivity index (χ2n) is 3.87. The van der Waals surface area contributed by atoms with Crippen LogP contribution in [0.5, 0.6) is 5.75 Å². The fourth-order valence-corrected chi connectivity index (χ4v) is 0.933. The average molecular weight is 167 g/mol. The highest BCUT2D eigenvalue weighted by Gasteiger charge is 2.15. The van der Waals surface area contributed by atoms with Crippen LogP contribution in [0.3, 0.4) is 0 Å². The molecule has 3 nitrogen and oxygen atoms in total. The molecule has 1 aromatic heterocycles. The van der Waals surface area contributed by atoms with Gasteiger partial charge in [-0.05, 0) is 6.07 Å².